The highest BCUT2D eigenvalue weighted by molar-refractivity contribution is 5.13. The zero-order valence-electron chi connectivity index (χ0n) is 8.97. The van der Waals surface area contributed by atoms with E-state index in [4.69, 9.17) is 0 Å². The van der Waals surface area contributed by atoms with Crippen LogP contribution in [0.3, 0.4) is 0 Å². The quantitative estimate of drug-likeness (QED) is 0.692. The number of benzene rings is 1. The highest BCUT2D eigenvalue weighted by atomic mass is 19.2. The molecule has 76 valence electrons. The minimum atomic E-state index is 0.292. The second-order valence-corrected chi connectivity index (χ2v) is 1.80. The van der Waals surface area contributed by atoms with Crippen LogP contribution >= 0.6 is 0 Å². The molecule has 0 aliphatic rings. The summed E-state index contributed by atoms with van der Waals surface area (Å²) < 4.78 is 11.4. The average molecular weight is 185 g/mol. The lowest BCUT2D eigenvalue weighted by atomic mass is 10.2. The molecular formula is C11H20FN. The molecule has 13 heavy (non-hydrogen) atoms. The maximum Gasteiger partial charge on any atom is 0.0510 e. The lowest BCUT2D eigenvalue weighted by molar-refractivity contribution is 0.330. The topological polar surface area (TPSA) is 12.0 Å². The number of nitrogens with one attached hydrogen (secondary N) is 1. The fourth-order valence-electron chi connectivity index (χ4n) is 0.673. The first-order valence-corrected chi connectivity index (χ1v) is 4.81. The molecule has 1 aromatic carbocycles. The highest BCUT2D eigenvalue weighted by Gasteiger charge is 1.85. The van der Waals surface area contributed by atoms with E-state index in [1.807, 2.05) is 58.0 Å². The van der Waals surface area contributed by atoms with Crippen LogP contribution in [0.25, 0.3) is 0 Å². The largest absolute Gasteiger partial charge is 0.155 e. The summed E-state index contributed by atoms with van der Waals surface area (Å²) >= 11 is 0. The SMILES string of the molecule is CC.CC.FNCc1ccccc1. The molecule has 1 aromatic rings. The Hall–Kier alpha value is -0.890. The Labute approximate surface area is 80.9 Å². The molecule has 0 spiro atoms. The minimum Gasteiger partial charge on any atom is -0.155 e. The van der Waals surface area contributed by atoms with Crippen LogP contribution < -0.4 is 5.54 Å². The van der Waals surface area contributed by atoms with Gasteiger partial charge in [-0.2, -0.15) is 5.54 Å². The number of hydrogen-bond donors (Lipinski definition) is 1. The van der Waals surface area contributed by atoms with Crippen molar-refractivity contribution < 1.29 is 4.48 Å². The number of rotatable bonds is 2. The molecule has 0 aliphatic carbocycles. The molecule has 0 heterocycles. The number of hydrogen-bond acceptors (Lipinski definition) is 1. The van der Waals surface area contributed by atoms with Gasteiger partial charge in [-0.05, 0) is 5.56 Å². The van der Waals surface area contributed by atoms with Gasteiger partial charge in [-0.25, -0.2) is 0 Å². The molecule has 1 nitrogen and oxygen atoms in total. The second kappa shape index (κ2) is 13.7. The second-order valence-electron chi connectivity index (χ2n) is 1.80. The maximum atomic E-state index is 11.4. The summed E-state index contributed by atoms with van der Waals surface area (Å²) in [6.45, 7) is 8.29. The van der Waals surface area contributed by atoms with Gasteiger partial charge < -0.3 is 0 Å². The van der Waals surface area contributed by atoms with Crippen LogP contribution in [0.2, 0.25) is 0 Å². The molecule has 0 unspecified atom stereocenters. The molecule has 1 rings (SSSR count). The van der Waals surface area contributed by atoms with Crippen molar-refractivity contribution in [2.75, 3.05) is 0 Å². The molecule has 0 radical (unpaired) electrons. The van der Waals surface area contributed by atoms with Gasteiger partial charge >= 0.3 is 0 Å². The lowest BCUT2D eigenvalue weighted by Gasteiger charge is -1.93. The molecule has 1 N–H and O–H groups in total. The third-order valence-corrected chi connectivity index (χ3v) is 1.11. The Morgan fingerprint density at radius 3 is 1.85 bits per heavy atom. The van der Waals surface area contributed by atoms with Crippen molar-refractivity contribution in [3.05, 3.63) is 35.9 Å². The first-order chi connectivity index (χ1) is 6.43. The van der Waals surface area contributed by atoms with E-state index in [0.717, 1.165) is 5.56 Å². The predicted octanol–water partition coefficient (Wildman–Crippen LogP) is 3.71. The molecule has 0 atom stereocenters. The van der Waals surface area contributed by atoms with Crippen LogP contribution in [0.5, 0.6) is 0 Å². The van der Waals surface area contributed by atoms with E-state index in [9.17, 15) is 4.48 Å². The lowest BCUT2D eigenvalue weighted by Crippen LogP contribution is -1.98. The molecule has 0 amide bonds. The van der Waals surface area contributed by atoms with E-state index in [2.05, 4.69) is 0 Å². The van der Waals surface area contributed by atoms with E-state index in [1.165, 1.54) is 0 Å². The van der Waals surface area contributed by atoms with Crippen LogP contribution in [0.1, 0.15) is 33.3 Å². The summed E-state index contributed by atoms with van der Waals surface area (Å²) in [6.07, 6.45) is 0. The minimum absolute atomic E-state index is 0.292. The van der Waals surface area contributed by atoms with Gasteiger partial charge in [0.2, 0.25) is 0 Å². The van der Waals surface area contributed by atoms with E-state index in [1.54, 1.807) is 5.54 Å². The average Bonchev–Trinajstić information content (AvgIpc) is 2.26. The molecule has 0 saturated carbocycles. The summed E-state index contributed by atoms with van der Waals surface area (Å²) in [7, 11) is 0. The maximum absolute atomic E-state index is 11.4. The third-order valence-electron chi connectivity index (χ3n) is 1.11. The smallest absolute Gasteiger partial charge is 0.0510 e. The summed E-state index contributed by atoms with van der Waals surface area (Å²) in [5.74, 6) is 0. The van der Waals surface area contributed by atoms with Gasteiger partial charge in [0.1, 0.15) is 0 Å². The van der Waals surface area contributed by atoms with Crippen molar-refractivity contribution in [1.82, 2.24) is 5.54 Å². The first-order valence-electron chi connectivity index (χ1n) is 4.81. The van der Waals surface area contributed by atoms with Gasteiger partial charge in [0.05, 0.1) is 6.54 Å². The van der Waals surface area contributed by atoms with Crippen molar-refractivity contribution >= 4 is 0 Å². The van der Waals surface area contributed by atoms with E-state index in [-0.39, 0.29) is 0 Å². The Bertz CT molecular complexity index is 163. The fourth-order valence-corrected chi connectivity index (χ4v) is 0.673. The van der Waals surface area contributed by atoms with Crippen LogP contribution in [0, 0.1) is 0 Å². The van der Waals surface area contributed by atoms with E-state index >= 15 is 0 Å². The van der Waals surface area contributed by atoms with Crippen molar-refractivity contribution in [2.24, 2.45) is 0 Å². The molecule has 0 saturated heterocycles. The standard InChI is InChI=1S/C7H8FN.2C2H6/c8-9-6-7-4-2-1-3-5-7;2*1-2/h1-5,9H,6H2;2*1-2H3. The van der Waals surface area contributed by atoms with Crippen LogP contribution in [-0.4, -0.2) is 0 Å². The summed E-state index contributed by atoms with van der Waals surface area (Å²) in [6, 6.07) is 9.40. The Balaban J connectivity index is 0. The normalized spacial score (nSPS) is 7.46. The Kier molecular flexibility index (Phi) is 15.4. The summed E-state index contributed by atoms with van der Waals surface area (Å²) in [5.41, 5.74) is 2.54. The summed E-state index contributed by atoms with van der Waals surface area (Å²) in [4.78, 5) is 0. The molecule has 0 fully saturated rings. The summed E-state index contributed by atoms with van der Waals surface area (Å²) in [5, 5.41) is 0. The molecule has 0 aromatic heterocycles. The predicted molar refractivity (Wildman–Crippen MR) is 57.1 cm³/mol. The zero-order chi connectivity index (χ0) is 10.5. The van der Waals surface area contributed by atoms with Crippen molar-refractivity contribution in [3.63, 3.8) is 0 Å². The molecule has 2 heteroatoms. The zero-order valence-corrected chi connectivity index (χ0v) is 8.97. The fraction of sp³-hybridized carbons (Fsp3) is 0.455. The van der Waals surface area contributed by atoms with Crippen molar-refractivity contribution in [3.8, 4) is 0 Å². The Morgan fingerprint density at radius 2 is 1.46 bits per heavy atom. The van der Waals surface area contributed by atoms with Crippen LogP contribution in [0.4, 0.5) is 4.48 Å². The van der Waals surface area contributed by atoms with Crippen molar-refractivity contribution in [1.29, 1.82) is 0 Å². The van der Waals surface area contributed by atoms with Crippen LogP contribution in [-0.2, 0) is 6.54 Å². The van der Waals surface area contributed by atoms with E-state index < -0.39 is 0 Å². The van der Waals surface area contributed by atoms with E-state index in [0.29, 0.717) is 6.54 Å². The third kappa shape index (κ3) is 9.02. The highest BCUT2D eigenvalue weighted by Crippen LogP contribution is 1.96. The Morgan fingerprint density at radius 1 is 1.00 bits per heavy atom. The van der Waals surface area contributed by atoms with Crippen LogP contribution in [0.15, 0.2) is 30.3 Å². The van der Waals surface area contributed by atoms with Gasteiger partial charge in [0.15, 0.2) is 0 Å². The number of halogens is 1. The van der Waals surface area contributed by atoms with Gasteiger partial charge in [0, 0.05) is 0 Å². The molecule has 0 aliphatic heterocycles. The van der Waals surface area contributed by atoms with Gasteiger partial charge in [-0.3, -0.25) is 0 Å². The van der Waals surface area contributed by atoms with Crippen molar-refractivity contribution in [2.45, 2.75) is 34.2 Å². The first kappa shape index (κ1) is 14.6. The van der Waals surface area contributed by atoms with Gasteiger partial charge in [-0.15, -0.1) is 4.48 Å². The van der Waals surface area contributed by atoms with Gasteiger partial charge in [0.25, 0.3) is 0 Å². The molecular weight excluding hydrogens is 165 g/mol. The monoisotopic (exact) mass is 185 g/mol. The molecule has 0 bridgehead atoms. The van der Waals surface area contributed by atoms with Gasteiger partial charge in [-0.1, -0.05) is 58.0 Å².